The predicted octanol–water partition coefficient (Wildman–Crippen LogP) is 6.45. The Balaban J connectivity index is 1.36. The van der Waals surface area contributed by atoms with Gasteiger partial charge in [0.1, 0.15) is 6.26 Å². The fourth-order valence-electron chi connectivity index (χ4n) is 3.10. The number of hydrogen-bond donors (Lipinski definition) is 1. The molecule has 0 fully saturated rings. The zero-order valence-corrected chi connectivity index (χ0v) is 15.8. The fourth-order valence-corrected chi connectivity index (χ4v) is 3.10. The Hall–Kier alpha value is -1.58. The smallest absolute Gasteiger partial charge is 0.284 e. The van der Waals surface area contributed by atoms with Gasteiger partial charge in [-0.15, -0.1) is 0 Å². The Morgan fingerprint density at radius 1 is 0.880 bits per heavy atom. The summed E-state index contributed by atoms with van der Waals surface area (Å²) in [5.41, 5.74) is 0. The molecule has 2 heterocycles. The molecule has 1 aliphatic rings. The number of rotatable bonds is 15. The Morgan fingerprint density at radius 2 is 1.52 bits per heavy atom. The van der Waals surface area contributed by atoms with E-state index in [0.29, 0.717) is 5.95 Å². The van der Waals surface area contributed by atoms with Gasteiger partial charge in [0, 0.05) is 12.3 Å². The maximum Gasteiger partial charge on any atom is 0.284 e. The molecule has 0 aliphatic carbocycles. The highest BCUT2D eigenvalue weighted by molar-refractivity contribution is 5.14. The SMILES string of the molecule is CCCCCCCCCCCCCCOc1ccc(C2NC=CO2)o1. The van der Waals surface area contributed by atoms with Crippen molar-refractivity contribution >= 4 is 0 Å². The largest absolute Gasteiger partial charge is 0.469 e. The lowest BCUT2D eigenvalue weighted by molar-refractivity contribution is 0.120. The minimum absolute atomic E-state index is 0.219. The van der Waals surface area contributed by atoms with E-state index in [9.17, 15) is 0 Å². The maximum atomic E-state index is 5.67. The molecule has 1 aliphatic heterocycles. The molecule has 0 spiro atoms. The quantitative estimate of drug-likeness (QED) is 0.370. The lowest BCUT2D eigenvalue weighted by Gasteiger charge is -2.07. The molecule has 1 unspecified atom stereocenters. The van der Waals surface area contributed by atoms with Crippen LogP contribution in [-0.2, 0) is 4.74 Å². The molecule has 4 nitrogen and oxygen atoms in total. The molecule has 0 aromatic carbocycles. The van der Waals surface area contributed by atoms with Crippen molar-refractivity contribution in [3.63, 3.8) is 0 Å². The number of nitrogens with one attached hydrogen (secondary N) is 1. The van der Waals surface area contributed by atoms with Crippen LogP contribution < -0.4 is 10.1 Å². The van der Waals surface area contributed by atoms with Gasteiger partial charge < -0.3 is 19.2 Å². The molecule has 142 valence electrons. The second-order valence-corrected chi connectivity index (χ2v) is 6.88. The van der Waals surface area contributed by atoms with E-state index in [1.54, 1.807) is 12.5 Å². The molecule has 25 heavy (non-hydrogen) atoms. The molecular formula is C21H35NO3. The molecule has 0 saturated carbocycles. The van der Waals surface area contributed by atoms with Crippen molar-refractivity contribution in [1.29, 1.82) is 0 Å². The van der Waals surface area contributed by atoms with Crippen LogP contribution in [0.15, 0.2) is 29.0 Å². The van der Waals surface area contributed by atoms with Crippen molar-refractivity contribution < 1.29 is 13.9 Å². The second-order valence-electron chi connectivity index (χ2n) is 6.88. The fraction of sp³-hybridized carbons (Fsp3) is 0.714. The Kier molecular flexibility index (Phi) is 10.1. The monoisotopic (exact) mass is 349 g/mol. The molecule has 0 amide bonds. The van der Waals surface area contributed by atoms with E-state index in [4.69, 9.17) is 13.9 Å². The first kappa shape index (κ1) is 19.7. The third-order valence-corrected chi connectivity index (χ3v) is 4.63. The number of hydrogen-bond acceptors (Lipinski definition) is 4. The van der Waals surface area contributed by atoms with E-state index in [1.165, 1.54) is 70.6 Å². The number of unbranched alkanes of at least 4 members (excludes halogenated alkanes) is 11. The molecule has 0 saturated heterocycles. The summed E-state index contributed by atoms with van der Waals surface area (Å²) >= 11 is 0. The highest BCUT2D eigenvalue weighted by Crippen LogP contribution is 2.25. The molecule has 0 bridgehead atoms. The molecule has 2 rings (SSSR count). The summed E-state index contributed by atoms with van der Waals surface area (Å²) in [6.07, 6.45) is 19.4. The molecular weight excluding hydrogens is 314 g/mol. The maximum absolute atomic E-state index is 5.67. The van der Waals surface area contributed by atoms with Crippen LogP contribution in [0.1, 0.15) is 96.0 Å². The van der Waals surface area contributed by atoms with E-state index < -0.39 is 0 Å². The van der Waals surface area contributed by atoms with Crippen molar-refractivity contribution in [2.75, 3.05) is 6.61 Å². The van der Waals surface area contributed by atoms with Crippen molar-refractivity contribution in [2.45, 2.75) is 90.2 Å². The highest BCUT2D eigenvalue weighted by Gasteiger charge is 2.17. The predicted molar refractivity (Wildman–Crippen MR) is 101 cm³/mol. The zero-order valence-electron chi connectivity index (χ0n) is 15.8. The van der Waals surface area contributed by atoms with Gasteiger partial charge in [0.25, 0.3) is 5.95 Å². The van der Waals surface area contributed by atoms with E-state index in [-0.39, 0.29) is 6.23 Å². The van der Waals surface area contributed by atoms with E-state index in [1.807, 2.05) is 12.1 Å². The van der Waals surface area contributed by atoms with Crippen LogP contribution in [0.3, 0.4) is 0 Å². The molecule has 1 N–H and O–H groups in total. The molecule has 0 radical (unpaired) electrons. The lowest BCUT2D eigenvalue weighted by Crippen LogP contribution is -2.09. The summed E-state index contributed by atoms with van der Waals surface area (Å²) in [7, 11) is 0. The molecule has 1 atom stereocenters. The van der Waals surface area contributed by atoms with Crippen LogP contribution in [0.4, 0.5) is 0 Å². The first-order valence-corrected chi connectivity index (χ1v) is 10.2. The third kappa shape index (κ3) is 8.37. The van der Waals surface area contributed by atoms with Gasteiger partial charge in [0.2, 0.25) is 6.23 Å². The Morgan fingerprint density at radius 3 is 2.12 bits per heavy atom. The van der Waals surface area contributed by atoms with Crippen molar-refractivity contribution in [3.8, 4) is 5.95 Å². The van der Waals surface area contributed by atoms with Gasteiger partial charge in [-0.1, -0.05) is 77.6 Å². The first-order valence-electron chi connectivity index (χ1n) is 10.2. The topological polar surface area (TPSA) is 43.6 Å². The first-order chi connectivity index (χ1) is 12.4. The molecule has 1 aromatic rings. The van der Waals surface area contributed by atoms with Crippen LogP contribution in [0, 0.1) is 0 Å². The Labute approximate surface area is 153 Å². The molecule has 1 aromatic heterocycles. The van der Waals surface area contributed by atoms with Crippen LogP contribution in [0.5, 0.6) is 5.95 Å². The summed E-state index contributed by atoms with van der Waals surface area (Å²) in [6.45, 7) is 3.00. The van der Waals surface area contributed by atoms with Gasteiger partial charge in [-0.3, -0.25) is 0 Å². The van der Waals surface area contributed by atoms with Crippen LogP contribution in [0.2, 0.25) is 0 Å². The van der Waals surface area contributed by atoms with Gasteiger partial charge in [0.05, 0.1) is 6.61 Å². The van der Waals surface area contributed by atoms with Gasteiger partial charge in [-0.25, -0.2) is 0 Å². The standard InChI is InChI=1S/C21H35NO3/c1-2-3-4-5-6-7-8-9-10-11-12-13-17-23-20-15-14-19(25-20)21-22-16-18-24-21/h14-16,18,21-22H,2-13,17H2,1H3. The van der Waals surface area contributed by atoms with Gasteiger partial charge in [-0.2, -0.15) is 0 Å². The summed E-state index contributed by atoms with van der Waals surface area (Å²) in [5, 5.41) is 3.05. The average Bonchev–Trinajstić information content (AvgIpc) is 3.30. The van der Waals surface area contributed by atoms with Crippen LogP contribution in [0.25, 0.3) is 0 Å². The van der Waals surface area contributed by atoms with Crippen molar-refractivity contribution in [3.05, 3.63) is 30.4 Å². The van der Waals surface area contributed by atoms with Gasteiger partial charge in [-0.05, 0) is 12.5 Å². The summed E-state index contributed by atoms with van der Waals surface area (Å²) in [6, 6.07) is 3.75. The zero-order chi connectivity index (χ0) is 17.6. The van der Waals surface area contributed by atoms with Gasteiger partial charge in [0.15, 0.2) is 5.76 Å². The van der Waals surface area contributed by atoms with E-state index >= 15 is 0 Å². The lowest BCUT2D eigenvalue weighted by atomic mass is 10.1. The Bertz CT molecular complexity index is 461. The second kappa shape index (κ2) is 12.7. The summed E-state index contributed by atoms with van der Waals surface area (Å²) < 4.78 is 16.6. The van der Waals surface area contributed by atoms with E-state index in [2.05, 4.69) is 12.2 Å². The minimum Gasteiger partial charge on any atom is -0.469 e. The minimum atomic E-state index is -0.219. The number of ether oxygens (including phenoxy) is 2. The third-order valence-electron chi connectivity index (χ3n) is 4.63. The van der Waals surface area contributed by atoms with Crippen LogP contribution >= 0.6 is 0 Å². The molecule has 4 heteroatoms. The van der Waals surface area contributed by atoms with Crippen LogP contribution in [-0.4, -0.2) is 6.61 Å². The van der Waals surface area contributed by atoms with E-state index in [0.717, 1.165) is 18.8 Å². The van der Waals surface area contributed by atoms with Crippen molar-refractivity contribution in [2.24, 2.45) is 0 Å². The van der Waals surface area contributed by atoms with Gasteiger partial charge >= 0.3 is 0 Å². The number of furan rings is 1. The summed E-state index contributed by atoms with van der Waals surface area (Å²) in [5.74, 6) is 1.32. The van der Waals surface area contributed by atoms with Crippen molar-refractivity contribution in [1.82, 2.24) is 5.32 Å². The highest BCUT2D eigenvalue weighted by atomic mass is 16.6. The summed E-state index contributed by atoms with van der Waals surface area (Å²) in [4.78, 5) is 0. The normalized spacial score (nSPS) is 16.0. The average molecular weight is 350 g/mol.